The summed E-state index contributed by atoms with van der Waals surface area (Å²) in [4.78, 5) is 16.5. The molecular formula is C25H29N5O. The summed E-state index contributed by atoms with van der Waals surface area (Å²) in [6.07, 6.45) is 12.8. The van der Waals surface area contributed by atoms with E-state index in [0.29, 0.717) is 12.6 Å². The van der Waals surface area contributed by atoms with E-state index in [0.717, 1.165) is 59.7 Å². The van der Waals surface area contributed by atoms with Gasteiger partial charge in [0.25, 0.3) is 0 Å². The Kier molecular flexibility index (Phi) is 4.75. The van der Waals surface area contributed by atoms with Gasteiger partial charge in [0.05, 0.1) is 34.8 Å². The zero-order valence-electron chi connectivity index (χ0n) is 17.9. The third kappa shape index (κ3) is 3.43. The zero-order valence-corrected chi connectivity index (χ0v) is 17.9. The minimum absolute atomic E-state index is 0.274. The first-order valence-electron chi connectivity index (χ1n) is 11.7. The Balaban J connectivity index is 1.40. The average Bonchev–Trinajstić information content (AvgIpc) is 3.45. The van der Waals surface area contributed by atoms with Crippen molar-refractivity contribution in [1.29, 1.82) is 0 Å². The van der Waals surface area contributed by atoms with E-state index < -0.39 is 0 Å². The molecule has 6 rings (SSSR count). The van der Waals surface area contributed by atoms with Gasteiger partial charge < -0.3 is 14.6 Å². The van der Waals surface area contributed by atoms with Gasteiger partial charge >= 0.3 is 0 Å². The van der Waals surface area contributed by atoms with Crippen LogP contribution >= 0.6 is 0 Å². The van der Waals surface area contributed by atoms with Crippen molar-refractivity contribution in [1.82, 2.24) is 14.5 Å². The molecular weight excluding hydrogens is 386 g/mol. The monoisotopic (exact) mass is 415 g/mol. The molecule has 3 aromatic rings. The van der Waals surface area contributed by atoms with Crippen molar-refractivity contribution in [3.8, 4) is 11.1 Å². The number of rotatable bonds is 3. The Morgan fingerprint density at radius 3 is 2.77 bits per heavy atom. The summed E-state index contributed by atoms with van der Waals surface area (Å²) in [5, 5.41) is 10.1. The fourth-order valence-corrected chi connectivity index (χ4v) is 5.48. The Morgan fingerprint density at radius 1 is 1.00 bits per heavy atom. The Hall–Kier alpha value is -2.73. The fourth-order valence-electron chi connectivity index (χ4n) is 5.48. The van der Waals surface area contributed by atoms with Crippen molar-refractivity contribution in [3.63, 3.8) is 0 Å². The lowest BCUT2D eigenvalue weighted by atomic mass is 9.95. The third-order valence-corrected chi connectivity index (χ3v) is 7.13. The van der Waals surface area contributed by atoms with Crippen LogP contribution in [0.15, 0.2) is 35.6 Å². The quantitative estimate of drug-likeness (QED) is 0.666. The number of nitrogens with zero attached hydrogens (tertiary/aromatic N) is 5. The number of piperidine rings is 1. The highest BCUT2D eigenvalue weighted by Gasteiger charge is 2.24. The predicted molar refractivity (Wildman–Crippen MR) is 124 cm³/mol. The molecule has 1 unspecified atom stereocenters. The molecule has 0 spiro atoms. The lowest BCUT2D eigenvalue weighted by Crippen LogP contribution is -2.38. The number of imidazole rings is 1. The first-order valence-corrected chi connectivity index (χ1v) is 11.7. The van der Waals surface area contributed by atoms with Gasteiger partial charge in [0.2, 0.25) is 0 Å². The summed E-state index contributed by atoms with van der Waals surface area (Å²) in [6, 6.07) is 9.37. The summed E-state index contributed by atoms with van der Waals surface area (Å²) in [6.45, 7) is 1.59. The highest BCUT2D eigenvalue weighted by molar-refractivity contribution is 5.91. The number of pyridine rings is 1. The van der Waals surface area contributed by atoms with E-state index in [4.69, 9.17) is 9.97 Å². The van der Waals surface area contributed by atoms with Crippen LogP contribution in [-0.4, -0.2) is 45.0 Å². The minimum Gasteiger partial charge on any atom is -0.391 e. The molecule has 6 nitrogen and oxygen atoms in total. The maximum Gasteiger partial charge on any atom is 0.129 e. The molecule has 2 fully saturated rings. The highest BCUT2D eigenvalue weighted by Crippen LogP contribution is 2.40. The molecule has 1 atom stereocenters. The number of aromatic nitrogens is 3. The molecule has 160 valence electrons. The lowest BCUT2D eigenvalue weighted by Gasteiger charge is -2.31. The summed E-state index contributed by atoms with van der Waals surface area (Å²) in [7, 11) is 0. The van der Waals surface area contributed by atoms with E-state index in [9.17, 15) is 5.11 Å². The number of benzene rings is 1. The number of fused-ring (bicyclic) bond motifs is 2. The molecule has 0 amide bonds. The molecule has 6 heteroatoms. The van der Waals surface area contributed by atoms with Crippen molar-refractivity contribution in [3.05, 3.63) is 36.3 Å². The Morgan fingerprint density at radius 2 is 1.90 bits per heavy atom. The molecule has 2 aliphatic heterocycles. The van der Waals surface area contributed by atoms with Crippen LogP contribution in [0, 0.1) is 0 Å². The van der Waals surface area contributed by atoms with Gasteiger partial charge in [0.1, 0.15) is 5.82 Å². The first kappa shape index (κ1) is 19.0. The molecule has 1 saturated heterocycles. The van der Waals surface area contributed by atoms with Crippen molar-refractivity contribution in [2.24, 2.45) is 4.99 Å². The summed E-state index contributed by atoms with van der Waals surface area (Å²) < 4.78 is 2.38. The van der Waals surface area contributed by atoms with Crippen LogP contribution < -0.4 is 4.90 Å². The van der Waals surface area contributed by atoms with Crippen molar-refractivity contribution in [2.75, 3.05) is 18.0 Å². The number of aliphatic imine (C=N–C) groups is 1. The van der Waals surface area contributed by atoms with Crippen molar-refractivity contribution < 1.29 is 5.11 Å². The van der Waals surface area contributed by atoms with E-state index in [2.05, 4.69) is 38.7 Å². The Bertz CT molecular complexity index is 1140. The maximum atomic E-state index is 10.1. The van der Waals surface area contributed by atoms with E-state index in [1.54, 1.807) is 0 Å². The van der Waals surface area contributed by atoms with E-state index in [-0.39, 0.29) is 6.10 Å². The smallest absolute Gasteiger partial charge is 0.129 e. The largest absolute Gasteiger partial charge is 0.391 e. The number of aliphatic hydroxyl groups excluding tert-OH is 1. The summed E-state index contributed by atoms with van der Waals surface area (Å²) >= 11 is 0. The molecule has 1 saturated carbocycles. The van der Waals surface area contributed by atoms with Gasteiger partial charge in [-0.25, -0.2) is 9.97 Å². The SMILES string of the molecule is OC1CCCN(c2cc(-c3ccc4c(c3)ncn4C3CCCCC3)c3c(n2)CC=N3)C1. The van der Waals surface area contributed by atoms with Gasteiger partial charge in [0.15, 0.2) is 0 Å². The average molecular weight is 416 g/mol. The molecule has 4 heterocycles. The zero-order chi connectivity index (χ0) is 20.8. The second-order valence-corrected chi connectivity index (χ2v) is 9.23. The van der Waals surface area contributed by atoms with Crippen LogP contribution in [-0.2, 0) is 6.42 Å². The summed E-state index contributed by atoms with van der Waals surface area (Å²) in [5.74, 6) is 0.950. The number of hydrogen-bond acceptors (Lipinski definition) is 5. The number of β-amino-alcohol motifs (C(OH)–C–C–N with tert-alkyl or cyclic N) is 1. The van der Waals surface area contributed by atoms with E-state index in [1.807, 2.05) is 12.5 Å². The molecule has 31 heavy (non-hydrogen) atoms. The first-order chi connectivity index (χ1) is 15.3. The van der Waals surface area contributed by atoms with E-state index >= 15 is 0 Å². The van der Waals surface area contributed by atoms with Gasteiger partial charge in [-0.15, -0.1) is 0 Å². The maximum absolute atomic E-state index is 10.1. The molecule has 3 aliphatic rings. The molecule has 0 radical (unpaired) electrons. The summed E-state index contributed by atoms with van der Waals surface area (Å²) in [5.41, 5.74) is 6.53. The normalized spacial score (nSPS) is 21.7. The highest BCUT2D eigenvalue weighted by atomic mass is 16.3. The number of aliphatic hydroxyl groups is 1. The molecule has 1 N–H and O–H groups in total. The standard InChI is InChI=1S/C25H29N5O/c31-19-7-4-12-29(15-19)24-14-20(25-21(28-24)10-11-26-25)17-8-9-23-22(13-17)27-16-30(23)18-5-2-1-3-6-18/h8-9,11,13-14,16,18-19,31H,1-7,10,12,15H2. The van der Waals surface area contributed by atoms with Gasteiger partial charge in [-0.3, -0.25) is 4.99 Å². The van der Waals surface area contributed by atoms with Crippen LogP contribution in [0.4, 0.5) is 11.5 Å². The van der Waals surface area contributed by atoms with E-state index in [1.165, 1.54) is 37.6 Å². The van der Waals surface area contributed by atoms with Crippen LogP contribution in [0.3, 0.4) is 0 Å². The Labute approximate surface area is 182 Å². The number of anilines is 1. The number of hydrogen-bond donors (Lipinski definition) is 1. The van der Waals surface area contributed by atoms with Crippen LogP contribution in [0.5, 0.6) is 0 Å². The van der Waals surface area contributed by atoms with Crippen LogP contribution in [0.25, 0.3) is 22.2 Å². The van der Waals surface area contributed by atoms with Crippen molar-refractivity contribution >= 4 is 28.8 Å². The lowest BCUT2D eigenvalue weighted by molar-refractivity contribution is 0.154. The predicted octanol–water partition coefficient (Wildman–Crippen LogP) is 4.82. The van der Waals surface area contributed by atoms with Crippen LogP contribution in [0.2, 0.25) is 0 Å². The fraction of sp³-hybridized carbons (Fsp3) is 0.480. The van der Waals surface area contributed by atoms with Gasteiger partial charge in [-0.05, 0) is 49.4 Å². The third-order valence-electron chi connectivity index (χ3n) is 7.13. The van der Waals surface area contributed by atoms with Crippen molar-refractivity contribution in [2.45, 2.75) is 63.5 Å². The minimum atomic E-state index is -0.274. The van der Waals surface area contributed by atoms with Gasteiger partial charge in [-0.1, -0.05) is 25.3 Å². The molecule has 1 aromatic carbocycles. The molecule has 1 aliphatic carbocycles. The second-order valence-electron chi connectivity index (χ2n) is 9.23. The topological polar surface area (TPSA) is 66.5 Å². The van der Waals surface area contributed by atoms with Gasteiger partial charge in [0, 0.05) is 37.3 Å². The van der Waals surface area contributed by atoms with Crippen LogP contribution in [0.1, 0.15) is 56.7 Å². The molecule has 2 aromatic heterocycles. The second kappa shape index (κ2) is 7.75. The molecule has 0 bridgehead atoms. The van der Waals surface area contributed by atoms with Gasteiger partial charge in [-0.2, -0.15) is 0 Å².